The largest absolute Gasteiger partial charge is 0.465 e. The number of hydrogen-bond acceptors (Lipinski definition) is 6. The molecule has 2 N–H and O–H groups in total. The molecule has 168 valence electrons. The van der Waals surface area contributed by atoms with Crippen molar-refractivity contribution in [1.29, 1.82) is 0 Å². The molecule has 1 aromatic heterocycles. The summed E-state index contributed by atoms with van der Waals surface area (Å²) in [7, 11) is 1.32. The topological polar surface area (TPSA) is 105 Å². The number of fused-ring (bicyclic) bond motifs is 1. The Labute approximate surface area is 185 Å². The van der Waals surface area contributed by atoms with E-state index in [2.05, 4.69) is 17.6 Å². The van der Waals surface area contributed by atoms with Crippen molar-refractivity contribution >= 4 is 40.2 Å². The molecule has 2 fully saturated rings. The molecular formula is C22H29N3O5S. The first kappa shape index (κ1) is 21.8. The lowest BCUT2D eigenvalue weighted by Gasteiger charge is -2.36. The van der Waals surface area contributed by atoms with E-state index in [-0.39, 0.29) is 18.4 Å². The number of thiophene rings is 1. The SMILES string of the molecule is COC(=O)c1c(NC(=O)CN2C(=O)N[C@@]3(CCCC[C@@H]3C)C2=O)sc2c1CC[C@H](C)C2. The van der Waals surface area contributed by atoms with E-state index >= 15 is 0 Å². The molecule has 0 bridgehead atoms. The molecule has 0 radical (unpaired) electrons. The van der Waals surface area contributed by atoms with Gasteiger partial charge in [0.05, 0.1) is 12.7 Å². The Morgan fingerprint density at radius 1 is 1.26 bits per heavy atom. The van der Waals surface area contributed by atoms with Gasteiger partial charge in [-0.25, -0.2) is 9.59 Å². The Morgan fingerprint density at radius 3 is 2.74 bits per heavy atom. The maximum atomic E-state index is 13.1. The molecule has 4 amide bonds. The van der Waals surface area contributed by atoms with Gasteiger partial charge in [-0.3, -0.25) is 14.5 Å². The average molecular weight is 448 g/mol. The predicted octanol–water partition coefficient (Wildman–Crippen LogP) is 3.10. The lowest BCUT2D eigenvalue weighted by molar-refractivity contribution is -0.136. The van der Waals surface area contributed by atoms with Crippen LogP contribution in [0.2, 0.25) is 0 Å². The van der Waals surface area contributed by atoms with Gasteiger partial charge in [0.15, 0.2) is 0 Å². The molecule has 3 atom stereocenters. The van der Waals surface area contributed by atoms with Crippen LogP contribution < -0.4 is 10.6 Å². The third-order valence-corrected chi connectivity index (χ3v) is 8.13. The smallest absolute Gasteiger partial charge is 0.341 e. The molecule has 1 aromatic rings. The zero-order valence-corrected chi connectivity index (χ0v) is 19.0. The highest BCUT2D eigenvalue weighted by molar-refractivity contribution is 7.17. The lowest BCUT2D eigenvalue weighted by Crippen LogP contribution is -2.54. The number of esters is 1. The predicted molar refractivity (Wildman–Crippen MR) is 116 cm³/mol. The Bertz CT molecular complexity index is 942. The highest BCUT2D eigenvalue weighted by atomic mass is 32.1. The van der Waals surface area contributed by atoms with Crippen molar-refractivity contribution in [1.82, 2.24) is 10.2 Å². The molecule has 8 nitrogen and oxygen atoms in total. The van der Waals surface area contributed by atoms with Crippen molar-refractivity contribution in [3.8, 4) is 0 Å². The molecule has 1 aliphatic heterocycles. The molecule has 3 aliphatic rings. The van der Waals surface area contributed by atoms with Gasteiger partial charge >= 0.3 is 12.0 Å². The fourth-order valence-corrected chi connectivity index (χ4v) is 6.52. The number of imide groups is 1. The van der Waals surface area contributed by atoms with E-state index in [1.54, 1.807) is 0 Å². The number of carbonyl (C=O) groups is 4. The summed E-state index contributed by atoms with van der Waals surface area (Å²) in [5, 5.41) is 6.06. The van der Waals surface area contributed by atoms with Gasteiger partial charge in [0, 0.05) is 4.88 Å². The molecule has 1 saturated carbocycles. The molecule has 9 heteroatoms. The van der Waals surface area contributed by atoms with Crippen molar-refractivity contribution in [3.05, 3.63) is 16.0 Å². The fraction of sp³-hybridized carbons (Fsp3) is 0.636. The molecular weight excluding hydrogens is 418 g/mol. The standard InChI is InChI=1S/C22H29N3O5S/c1-12-7-8-14-15(10-12)31-18(17(14)19(27)30-3)23-16(26)11-25-20(28)22(24-21(25)29)9-5-4-6-13(22)2/h12-13H,4-11H2,1-3H3,(H,23,26)(H,24,29)/t12-,13-,22+/m0/s1. The number of ether oxygens (including phenoxy) is 1. The summed E-state index contributed by atoms with van der Waals surface area (Å²) >= 11 is 1.38. The van der Waals surface area contributed by atoms with E-state index in [0.29, 0.717) is 22.9 Å². The maximum absolute atomic E-state index is 13.1. The highest BCUT2D eigenvalue weighted by Gasteiger charge is 2.55. The van der Waals surface area contributed by atoms with Crippen LogP contribution in [0, 0.1) is 11.8 Å². The molecule has 1 saturated heterocycles. The van der Waals surface area contributed by atoms with Crippen molar-refractivity contribution in [3.63, 3.8) is 0 Å². The minimum Gasteiger partial charge on any atom is -0.465 e. The Morgan fingerprint density at radius 2 is 2.03 bits per heavy atom. The van der Waals surface area contributed by atoms with Crippen LogP contribution >= 0.6 is 11.3 Å². The number of nitrogens with one attached hydrogen (secondary N) is 2. The molecule has 0 unspecified atom stereocenters. The fourth-order valence-electron chi connectivity index (χ4n) is 5.11. The average Bonchev–Trinajstić information content (AvgIpc) is 3.19. The molecule has 31 heavy (non-hydrogen) atoms. The third kappa shape index (κ3) is 3.73. The number of methoxy groups -OCH3 is 1. The van der Waals surface area contributed by atoms with Crippen LogP contribution in [-0.4, -0.2) is 47.9 Å². The molecule has 2 aliphatic carbocycles. The summed E-state index contributed by atoms with van der Waals surface area (Å²) in [6, 6.07) is -0.526. The van der Waals surface area contributed by atoms with Crippen molar-refractivity contribution < 1.29 is 23.9 Å². The Hall–Kier alpha value is -2.42. The minimum atomic E-state index is -0.898. The highest BCUT2D eigenvalue weighted by Crippen LogP contribution is 2.41. The van der Waals surface area contributed by atoms with E-state index < -0.39 is 23.4 Å². The van der Waals surface area contributed by atoms with Gasteiger partial charge in [0.2, 0.25) is 5.91 Å². The van der Waals surface area contributed by atoms with Crippen LogP contribution in [0.25, 0.3) is 0 Å². The molecule has 2 heterocycles. The van der Waals surface area contributed by atoms with Crippen molar-refractivity contribution in [2.24, 2.45) is 11.8 Å². The van der Waals surface area contributed by atoms with E-state index in [4.69, 9.17) is 4.74 Å². The van der Waals surface area contributed by atoms with Crippen molar-refractivity contribution in [2.75, 3.05) is 19.0 Å². The van der Waals surface area contributed by atoms with Gasteiger partial charge in [-0.05, 0) is 49.5 Å². The van der Waals surface area contributed by atoms with Crippen LogP contribution in [0.1, 0.15) is 66.8 Å². The summed E-state index contributed by atoms with van der Waals surface area (Å²) in [5.74, 6) is -0.761. The second-order valence-corrected chi connectivity index (χ2v) is 10.1. The third-order valence-electron chi connectivity index (χ3n) is 6.96. The van der Waals surface area contributed by atoms with Gasteiger partial charge in [-0.1, -0.05) is 26.7 Å². The normalized spacial score (nSPS) is 27.8. The van der Waals surface area contributed by atoms with Crippen LogP contribution in [0.5, 0.6) is 0 Å². The summed E-state index contributed by atoms with van der Waals surface area (Å²) in [5.41, 5.74) is 0.442. The summed E-state index contributed by atoms with van der Waals surface area (Å²) in [6.07, 6.45) is 5.97. The molecule has 1 spiro atoms. The van der Waals surface area contributed by atoms with Gasteiger partial charge in [0.1, 0.15) is 17.1 Å². The zero-order valence-electron chi connectivity index (χ0n) is 18.2. The number of anilines is 1. The van der Waals surface area contributed by atoms with Gasteiger partial charge in [-0.15, -0.1) is 11.3 Å². The number of rotatable bonds is 4. The van der Waals surface area contributed by atoms with Gasteiger partial charge in [0.25, 0.3) is 5.91 Å². The Kier molecular flexibility index (Phi) is 5.81. The monoisotopic (exact) mass is 447 g/mol. The first-order valence-electron chi connectivity index (χ1n) is 10.9. The van der Waals surface area contributed by atoms with Crippen LogP contribution in [0.15, 0.2) is 0 Å². The van der Waals surface area contributed by atoms with Crippen LogP contribution in [0.4, 0.5) is 9.80 Å². The molecule has 0 aromatic carbocycles. The van der Waals surface area contributed by atoms with E-state index in [1.807, 2.05) is 6.92 Å². The molecule has 4 rings (SSSR count). The van der Waals surface area contributed by atoms with Crippen LogP contribution in [0.3, 0.4) is 0 Å². The summed E-state index contributed by atoms with van der Waals surface area (Å²) in [4.78, 5) is 53.0. The van der Waals surface area contributed by atoms with Gasteiger partial charge < -0.3 is 15.4 Å². The van der Waals surface area contributed by atoms with E-state index in [1.165, 1.54) is 18.4 Å². The first-order valence-corrected chi connectivity index (χ1v) is 11.7. The number of carbonyl (C=O) groups excluding carboxylic acids is 4. The zero-order chi connectivity index (χ0) is 22.3. The minimum absolute atomic E-state index is 0.0303. The maximum Gasteiger partial charge on any atom is 0.341 e. The number of hydrogen-bond donors (Lipinski definition) is 2. The number of urea groups is 1. The first-order chi connectivity index (χ1) is 14.8. The van der Waals surface area contributed by atoms with Gasteiger partial charge in [-0.2, -0.15) is 0 Å². The Balaban J connectivity index is 1.52. The summed E-state index contributed by atoms with van der Waals surface area (Å²) < 4.78 is 4.95. The van der Waals surface area contributed by atoms with E-state index in [0.717, 1.165) is 53.9 Å². The second-order valence-electron chi connectivity index (χ2n) is 9.04. The van der Waals surface area contributed by atoms with E-state index in [9.17, 15) is 19.2 Å². The summed E-state index contributed by atoms with van der Waals surface area (Å²) in [6.45, 7) is 3.76. The quantitative estimate of drug-likeness (QED) is 0.545. The van der Waals surface area contributed by atoms with Crippen LogP contribution in [-0.2, 0) is 27.2 Å². The number of amides is 4. The number of nitrogens with zero attached hydrogens (tertiary/aromatic N) is 1. The second kappa shape index (κ2) is 8.26. The van der Waals surface area contributed by atoms with Crippen molar-refractivity contribution in [2.45, 2.75) is 64.3 Å². The lowest BCUT2D eigenvalue weighted by atomic mass is 9.73.